The van der Waals surface area contributed by atoms with Crippen molar-refractivity contribution < 1.29 is 9.90 Å². The molecule has 5 rings (SSSR count). The number of nitrogens with two attached hydrogens (primary N) is 1. The van der Waals surface area contributed by atoms with Crippen LogP contribution in [-0.2, 0) is 30.6 Å². The Morgan fingerprint density at radius 2 is 1.85 bits per heavy atom. The molecule has 4 N–H and O–H groups in total. The Morgan fingerprint density at radius 3 is 2.53 bits per heavy atom. The number of nitrogens with one attached hydrogen (secondary N) is 1. The molecule has 7 nitrogen and oxygen atoms in total. The van der Waals surface area contributed by atoms with E-state index in [0.29, 0.717) is 12.2 Å². The Labute approximate surface area is 198 Å². The summed E-state index contributed by atoms with van der Waals surface area (Å²) in [5, 5.41) is 8.50. The molecule has 1 aliphatic carbocycles. The van der Waals surface area contributed by atoms with Crippen molar-refractivity contribution in [1.29, 1.82) is 0 Å². The van der Waals surface area contributed by atoms with E-state index in [1.54, 1.807) is 0 Å². The molecule has 2 heterocycles. The fourth-order valence-corrected chi connectivity index (χ4v) is 4.98. The molecular weight excluding hydrogens is 428 g/mol. The lowest BCUT2D eigenvalue weighted by molar-refractivity contribution is -0.134. The lowest BCUT2D eigenvalue weighted by Crippen LogP contribution is -2.14. The molecule has 0 saturated heterocycles. The molecular formula is C27H32N4O3. The van der Waals surface area contributed by atoms with Gasteiger partial charge in [0, 0.05) is 35.6 Å². The van der Waals surface area contributed by atoms with Crippen molar-refractivity contribution in [3.63, 3.8) is 0 Å². The Kier molecular flexibility index (Phi) is 7.12. The number of para-hydroxylation sites is 1. The number of nitrogens with zero attached hydrogens (tertiary/aromatic N) is 2. The number of carbonyl (C=O) groups is 1. The first-order valence-electron chi connectivity index (χ1n) is 12.0. The predicted molar refractivity (Wildman–Crippen MR) is 136 cm³/mol. The highest BCUT2D eigenvalue weighted by Crippen LogP contribution is 2.34. The summed E-state index contributed by atoms with van der Waals surface area (Å²) in [6.45, 7) is 4.71. The molecule has 7 heteroatoms. The van der Waals surface area contributed by atoms with E-state index in [0.717, 1.165) is 72.3 Å². The summed E-state index contributed by atoms with van der Waals surface area (Å²) in [6, 6.07) is 12.6. The van der Waals surface area contributed by atoms with Gasteiger partial charge in [0.05, 0.1) is 11.0 Å². The third-order valence-electron chi connectivity index (χ3n) is 6.39. The van der Waals surface area contributed by atoms with Crippen LogP contribution in [-0.4, -0.2) is 32.2 Å². The molecule has 0 unspecified atom stereocenters. The number of hydrogen-bond donors (Lipinski definition) is 3. The summed E-state index contributed by atoms with van der Waals surface area (Å²) in [7, 11) is 0. The molecule has 178 valence electrons. The fraction of sp³-hybridized carbons (Fsp3) is 0.370. The van der Waals surface area contributed by atoms with E-state index in [-0.39, 0.29) is 5.56 Å². The largest absolute Gasteiger partial charge is 0.481 e. The van der Waals surface area contributed by atoms with Gasteiger partial charge in [-0.05, 0) is 74.4 Å². The Morgan fingerprint density at radius 1 is 1.18 bits per heavy atom. The van der Waals surface area contributed by atoms with Gasteiger partial charge < -0.3 is 20.4 Å². The number of carboxylic acids is 1. The third-order valence-corrected chi connectivity index (χ3v) is 6.39. The van der Waals surface area contributed by atoms with Crippen LogP contribution in [0.2, 0.25) is 0 Å². The number of hydrogen-bond acceptors (Lipinski definition) is 4. The summed E-state index contributed by atoms with van der Waals surface area (Å²) in [5.41, 5.74) is 13.9. The highest BCUT2D eigenvalue weighted by atomic mass is 16.4. The van der Waals surface area contributed by atoms with Crippen molar-refractivity contribution in [3.05, 3.63) is 63.6 Å². The van der Waals surface area contributed by atoms with Gasteiger partial charge in [0.2, 0.25) is 0 Å². The second-order valence-corrected chi connectivity index (χ2v) is 8.76. The van der Waals surface area contributed by atoms with Crippen LogP contribution in [0.25, 0.3) is 33.2 Å². The summed E-state index contributed by atoms with van der Waals surface area (Å²) in [6.07, 6.45) is 6.36. The minimum atomic E-state index is -0.833. The number of aliphatic carboxylic acids is 1. The first-order valence-corrected chi connectivity index (χ1v) is 12.0. The second kappa shape index (κ2) is 10.2. The smallest absolute Gasteiger partial charge is 0.300 e. The average Bonchev–Trinajstić information content (AvgIpc) is 3.14. The molecule has 34 heavy (non-hydrogen) atoms. The van der Waals surface area contributed by atoms with E-state index in [4.69, 9.17) is 20.6 Å². The zero-order valence-electron chi connectivity index (χ0n) is 19.9. The van der Waals surface area contributed by atoms with Crippen LogP contribution >= 0.6 is 0 Å². The van der Waals surface area contributed by atoms with Gasteiger partial charge >= 0.3 is 0 Å². The SMILES string of the molecule is CC(=O)O.CCc1c(-c2nc3cc4c(cc3[nH]c2=O)CCCC4)c2ccccc2n1CCCN. The van der Waals surface area contributed by atoms with Gasteiger partial charge in [-0.3, -0.25) is 9.59 Å². The van der Waals surface area contributed by atoms with Crippen LogP contribution in [0.5, 0.6) is 0 Å². The molecule has 4 aromatic rings. The molecule has 2 aromatic heterocycles. The average molecular weight is 461 g/mol. The molecule has 0 bridgehead atoms. The van der Waals surface area contributed by atoms with Crippen LogP contribution in [0, 0.1) is 0 Å². The zero-order valence-corrected chi connectivity index (χ0v) is 19.9. The molecule has 1 aliphatic rings. The number of fused-ring (bicyclic) bond motifs is 3. The van der Waals surface area contributed by atoms with Gasteiger partial charge in [-0.2, -0.15) is 0 Å². The summed E-state index contributed by atoms with van der Waals surface area (Å²) in [4.78, 5) is 30.2. The van der Waals surface area contributed by atoms with Gasteiger partial charge in [0.1, 0.15) is 5.69 Å². The van der Waals surface area contributed by atoms with E-state index in [1.807, 2.05) is 6.07 Å². The quantitative estimate of drug-likeness (QED) is 0.408. The maximum atomic E-state index is 13.2. The highest BCUT2D eigenvalue weighted by Gasteiger charge is 2.21. The summed E-state index contributed by atoms with van der Waals surface area (Å²) >= 11 is 0. The molecule has 0 radical (unpaired) electrons. The number of aromatic nitrogens is 3. The lowest BCUT2D eigenvalue weighted by atomic mass is 9.91. The van der Waals surface area contributed by atoms with E-state index in [1.165, 1.54) is 24.0 Å². The van der Waals surface area contributed by atoms with Crippen LogP contribution in [0.1, 0.15) is 49.9 Å². The first kappa shape index (κ1) is 23.7. The van der Waals surface area contributed by atoms with Crippen molar-refractivity contribution in [2.45, 2.75) is 58.9 Å². The molecule has 2 aromatic carbocycles. The number of benzene rings is 2. The summed E-state index contributed by atoms with van der Waals surface area (Å²) < 4.78 is 2.32. The lowest BCUT2D eigenvalue weighted by Gasteiger charge is -2.16. The summed E-state index contributed by atoms with van der Waals surface area (Å²) in [5.74, 6) is -0.833. The molecule has 0 fully saturated rings. The van der Waals surface area contributed by atoms with Crippen molar-refractivity contribution in [1.82, 2.24) is 14.5 Å². The molecule has 0 spiro atoms. The predicted octanol–water partition coefficient (Wildman–Crippen LogP) is 4.43. The van der Waals surface area contributed by atoms with Gasteiger partial charge in [0.25, 0.3) is 11.5 Å². The molecule has 0 atom stereocenters. The van der Waals surface area contributed by atoms with E-state index >= 15 is 0 Å². The minimum Gasteiger partial charge on any atom is -0.481 e. The van der Waals surface area contributed by atoms with Crippen LogP contribution < -0.4 is 11.3 Å². The van der Waals surface area contributed by atoms with Crippen molar-refractivity contribution in [2.24, 2.45) is 5.73 Å². The number of rotatable bonds is 5. The van der Waals surface area contributed by atoms with Gasteiger partial charge in [-0.1, -0.05) is 25.1 Å². The Hall–Kier alpha value is -3.45. The Bertz CT molecular complexity index is 1400. The van der Waals surface area contributed by atoms with Crippen LogP contribution in [0.3, 0.4) is 0 Å². The highest BCUT2D eigenvalue weighted by molar-refractivity contribution is 5.98. The van der Waals surface area contributed by atoms with Crippen LogP contribution in [0.4, 0.5) is 0 Å². The zero-order chi connectivity index (χ0) is 24.2. The minimum absolute atomic E-state index is 0.116. The monoisotopic (exact) mass is 460 g/mol. The molecule has 0 saturated carbocycles. The number of aryl methyl sites for hydroxylation is 3. The van der Waals surface area contributed by atoms with E-state index in [9.17, 15) is 4.79 Å². The number of H-pyrrole nitrogens is 1. The maximum absolute atomic E-state index is 13.2. The van der Waals surface area contributed by atoms with Crippen molar-refractivity contribution >= 4 is 27.9 Å². The standard InChI is InChI=1S/C25H28N4O.C2H4O2/c1-2-21-23(18-10-5-6-11-22(18)29(21)13-7-12-26)24-25(30)28-20-15-17-9-4-3-8-16(17)14-19(20)27-24;1-2(3)4/h5-6,10-11,14-15H,2-4,7-9,12-13,26H2,1H3,(H,28,30);1H3,(H,3,4). The molecule has 0 amide bonds. The third kappa shape index (κ3) is 4.61. The first-order chi connectivity index (χ1) is 16.4. The van der Waals surface area contributed by atoms with E-state index < -0.39 is 5.97 Å². The van der Waals surface area contributed by atoms with Crippen molar-refractivity contribution in [3.8, 4) is 11.3 Å². The topological polar surface area (TPSA) is 114 Å². The molecule has 0 aliphatic heterocycles. The van der Waals surface area contributed by atoms with Gasteiger partial charge in [-0.25, -0.2) is 4.98 Å². The number of aromatic amines is 1. The van der Waals surface area contributed by atoms with E-state index in [2.05, 4.69) is 46.8 Å². The number of carboxylic acid groups (broad SMARTS) is 1. The Balaban J connectivity index is 0.000000636. The van der Waals surface area contributed by atoms with Gasteiger partial charge in [-0.15, -0.1) is 0 Å². The van der Waals surface area contributed by atoms with Crippen molar-refractivity contribution in [2.75, 3.05) is 6.54 Å². The maximum Gasteiger partial charge on any atom is 0.300 e. The second-order valence-electron chi connectivity index (χ2n) is 8.76. The normalized spacial score (nSPS) is 12.9. The fourth-order valence-electron chi connectivity index (χ4n) is 4.98. The van der Waals surface area contributed by atoms with Crippen LogP contribution in [0.15, 0.2) is 41.2 Å². The van der Waals surface area contributed by atoms with Gasteiger partial charge in [0.15, 0.2) is 0 Å².